The summed E-state index contributed by atoms with van der Waals surface area (Å²) in [7, 11) is 1.68. The minimum absolute atomic E-state index is 0.146. The van der Waals surface area contributed by atoms with E-state index in [9.17, 15) is 0 Å². The standard InChI is InChI=1S/C37H30O2/c1-38-27-39-37(32-25-15-6-16-26-32)35(31-23-13-5-14-24-31)34(30-21-11-4-12-22-30)36(37)33(28-17-7-2-8-18-28)29-19-9-3-10-20-29/h2-26H,27H2,1H3/t37-/m1/s1. The van der Waals surface area contributed by atoms with Gasteiger partial charge in [0, 0.05) is 18.3 Å². The summed E-state index contributed by atoms with van der Waals surface area (Å²) >= 11 is 0. The van der Waals surface area contributed by atoms with Crippen molar-refractivity contribution in [1.29, 1.82) is 0 Å². The molecule has 2 heteroatoms. The zero-order chi connectivity index (χ0) is 26.5. The molecule has 0 heterocycles. The molecule has 39 heavy (non-hydrogen) atoms. The fourth-order valence-electron chi connectivity index (χ4n) is 5.69. The van der Waals surface area contributed by atoms with Crippen LogP contribution in [0.2, 0.25) is 0 Å². The van der Waals surface area contributed by atoms with Crippen LogP contribution >= 0.6 is 0 Å². The largest absolute Gasteiger partial charge is 0.359 e. The second-order valence-corrected chi connectivity index (χ2v) is 9.56. The molecule has 0 N–H and O–H groups in total. The van der Waals surface area contributed by atoms with E-state index in [2.05, 4.69) is 152 Å². The summed E-state index contributed by atoms with van der Waals surface area (Å²) in [5.74, 6) is 0. The normalized spacial score (nSPS) is 16.6. The summed E-state index contributed by atoms with van der Waals surface area (Å²) in [4.78, 5) is 0. The summed E-state index contributed by atoms with van der Waals surface area (Å²) in [6.07, 6.45) is 0. The maximum absolute atomic E-state index is 6.92. The molecule has 0 amide bonds. The van der Waals surface area contributed by atoms with Crippen molar-refractivity contribution in [3.8, 4) is 0 Å². The van der Waals surface area contributed by atoms with Crippen LogP contribution in [-0.2, 0) is 15.1 Å². The molecule has 0 radical (unpaired) electrons. The Morgan fingerprint density at radius 3 is 1.46 bits per heavy atom. The average Bonchev–Trinajstić information content (AvgIpc) is 3.01. The van der Waals surface area contributed by atoms with Gasteiger partial charge in [0.15, 0.2) is 0 Å². The van der Waals surface area contributed by atoms with Gasteiger partial charge in [-0.05, 0) is 39.0 Å². The van der Waals surface area contributed by atoms with Crippen molar-refractivity contribution >= 4 is 16.7 Å². The lowest BCUT2D eigenvalue weighted by Crippen LogP contribution is -2.43. The molecule has 190 valence electrons. The SMILES string of the molecule is COCO[C@@]1(c2ccccc2)C(=C(c2ccccc2)c2ccccc2)C(c2ccccc2)=C1c1ccccc1. The van der Waals surface area contributed by atoms with Crippen LogP contribution in [0.25, 0.3) is 16.7 Å². The summed E-state index contributed by atoms with van der Waals surface area (Å²) in [6.45, 7) is 0.146. The van der Waals surface area contributed by atoms with E-state index in [0.717, 1.165) is 44.5 Å². The third kappa shape index (κ3) is 4.44. The molecule has 1 atom stereocenters. The average molecular weight is 507 g/mol. The van der Waals surface area contributed by atoms with Gasteiger partial charge < -0.3 is 9.47 Å². The third-order valence-corrected chi connectivity index (χ3v) is 7.28. The molecule has 0 spiro atoms. The van der Waals surface area contributed by atoms with Crippen molar-refractivity contribution in [3.63, 3.8) is 0 Å². The maximum Gasteiger partial charge on any atom is 0.149 e. The Labute approximate surface area is 230 Å². The quantitative estimate of drug-likeness (QED) is 0.196. The van der Waals surface area contributed by atoms with Gasteiger partial charge in [0.25, 0.3) is 0 Å². The van der Waals surface area contributed by atoms with E-state index in [0.29, 0.717) is 0 Å². The Balaban J connectivity index is 1.82. The topological polar surface area (TPSA) is 18.5 Å². The highest BCUT2D eigenvalue weighted by Gasteiger charge is 2.54. The fraction of sp³-hybridized carbons (Fsp3) is 0.0811. The molecule has 1 aliphatic rings. The van der Waals surface area contributed by atoms with Crippen LogP contribution < -0.4 is 0 Å². The molecule has 0 unspecified atom stereocenters. The third-order valence-electron chi connectivity index (χ3n) is 7.28. The Bertz CT molecular complexity index is 1550. The summed E-state index contributed by atoms with van der Waals surface area (Å²) < 4.78 is 12.5. The first-order chi connectivity index (χ1) is 19.3. The van der Waals surface area contributed by atoms with Crippen LogP contribution in [0, 0.1) is 0 Å². The molecule has 5 aromatic carbocycles. The number of methoxy groups -OCH3 is 1. The lowest BCUT2D eigenvalue weighted by molar-refractivity contribution is -0.0919. The number of rotatable bonds is 8. The highest BCUT2D eigenvalue weighted by atomic mass is 16.7. The van der Waals surface area contributed by atoms with E-state index < -0.39 is 5.60 Å². The Kier molecular flexibility index (Phi) is 7.05. The van der Waals surface area contributed by atoms with Crippen molar-refractivity contribution in [3.05, 3.63) is 185 Å². The van der Waals surface area contributed by atoms with Crippen molar-refractivity contribution in [1.82, 2.24) is 0 Å². The van der Waals surface area contributed by atoms with Gasteiger partial charge >= 0.3 is 0 Å². The van der Waals surface area contributed by atoms with E-state index in [-0.39, 0.29) is 6.79 Å². The van der Waals surface area contributed by atoms with Crippen LogP contribution in [-0.4, -0.2) is 13.9 Å². The molecule has 6 rings (SSSR count). The first-order valence-corrected chi connectivity index (χ1v) is 13.2. The Hall–Kier alpha value is -4.50. The smallest absolute Gasteiger partial charge is 0.149 e. The van der Waals surface area contributed by atoms with Crippen molar-refractivity contribution < 1.29 is 9.47 Å². The Morgan fingerprint density at radius 2 is 0.974 bits per heavy atom. The predicted octanol–water partition coefficient (Wildman–Crippen LogP) is 8.63. The fourth-order valence-corrected chi connectivity index (χ4v) is 5.69. The van der Waals surface area contributed by atoms with Crippen LogP contribution in [0.1, 0.15) is 27.8 Å². The molecule has 0 saturated carbocycles. The predicted molar refractivity (Wildman–Crippen MR) is 160 cm³/mol. The number of hydrogen-bond acceptors (Lipinski definition) is 2. The van der Waals surface area contributed by atoms with Crippen LogP contribution in [0.4, 0.5) is 0 Å². The highest BCUT2D eigenvalue weighted by molar-refractivity contribution is 6.18. The number of ether oxygens (including phenoxy) is 2. The highest BCUT2D eigenvalue weighted by Crippen LogP contribution is 2.64. The first kappa shape index (κ1) is 24.8. The summed E-state index contributed by atoms with van der Waals surface area (Å²) in [5, 5.41) is 0. The lowest BCUT2D eigenvalue weighted by Gasteiger charge is -2.50. The lowest BCUT2D eigenvalue weighted by atomic mass is 9.58. The molecule has 5 aromatic rings. The monoisotopic (exact) mass is 506 g/mol. The Morgan fingerprint density at radius 1 is 0.538 bits per heavy atom. The molecule has 2 nitrogen and oxygen atoms in total. The van der Waals surface area contributed by atoms with E-state index in [1.165, 1.54) is 5.57 Å². The molecule has 0 aliphatic heterocycles. The van der Waals surface area contributed by atoms with Gasteiger partial charge in [0.2, 0.25) is 0 Å². The van der Waals surface area contributed by atoms with E-state index >= 15 is 0 Å². The van der Waals surface area contributed by atoms with Crippen LogP contribution in [0.5, 0.6) is 0 Å². The zero-order valence-corrected chi connectivity index (χ0v) is 22.0. The van der Waals surface area contributed by atoms with E-state index in [4.69, 9.17) is 9.47 Å². The van der Waals surface area contributed by atoms with Crippen molar-refractivity contribution in [2.24, 2.45) is 0 Å². The van der Waals surface area contributed by atoms with Gasteiger partial charge in [-0.15, -0.1) is 0 Å². The van der Waals surface area contributed by atoms with Gasteiger partial charge in [-0.3, -0.25) is 0 Å². The molecule has 0 bridgehead atoms. The van der Waals surface area contributed by atoms with Gasteiger partial charge in [0.05, 0.1) is 0 Å². The second-order valence-electron chi connectivity index (χ2n) is 9.56. The zero-order valence-electron chi connectivity index (χ0n) is 22.0. The van der Waals surface area contributed by atoms with Gasteiger partial charge in [-0.25, -0.2) is 0 Å². The minimum atomic E-state index is -0.856. The molecule has 0 saturated heterocycles. The summed E-state index contributed by atoms with van der Waals surface area (Å²) in [6, 6.07) is 53.0. The summed E-state index contributed by atoms with van der Waals surface area (Å²) in [5.41, 5.74) is 9.37. The van der Waals surface area contributed by atoms with Crippen molar-refractivity contribution in [2.45, 2.75) is 5.60 Å². The van der Waals surface area contributed by atoms with Crippen LogP contribution in [0.15, 0.2) is 157 Å². The maximum atomic E-state index is 6.92. The van der Waals surface area contributed by atoms with Gasteiger partial charge in [-0.1, -0.05) is 152 Å². The molecular weight excluding hydrogens is 476 g/mol. The minimum Gasteiger partial charge on any atom is -0.359 e. The molecular formula is C37H30O2. The molecule has 1 aliphatic carbocycles. The van der Waals surface area contributed by atoms with Gasteiger partial charge in [-0.2, -0.15) is 0 Å². The first-order valence-electron chi connectivity index (χ1n) is 13.2. The number of hydrogen-bond donors (Lipinski definition) is 0. The molecule has 0 aromatic heterocycles. The van der Waals surface area contributed by atoms with Gasteiger partial charge in [0.1, 0.15) is 12.4 Å². The number of benzene rings is 5. The van der Waals surface area contributed by atoms with Crippen LogP contribution in [0.3, 0.4) is 0 Å². The van der Waals surface area contributed by atoms with E-state index in [1.807, 2.05) is 0 Å². The molecule has 0 fully saturated rings. The van der Waals surface area contributed by atoms with E-state index in [1.54, 1.807) is 7.11 Å². The second kappa shape index (κ2) is 11.1. The van der Waals surface area contributed by atoms with Crippen molar-refractivity contribution in [2.75, 3.05) is 13.9 Å².